The highest BCUT2D eigenvalue weighted by atomic mass is 16.6. The third-order valence-corrected chi connectivity index (χ3v) is 4.49. The molecule has 1 aliphatic rings. The second-order valence-electron chi connectivity index (χ2n) is 8.33. The van der Waals surface area contributed by atoms with Crippen LogP contribution in [0.1, 0.15) is 58.3 Å². The maximum atomic E-state index is 12.5. The third kappa shape index (κ3) is 7.56. The number of hydrogen-bond acceptors (Lipinski definition) is 7. The second kappa shape index (κ2) is 11.4. The number of carbonyl (C=O) groups is 5. The van der Waals surface area contributed by atoms with Crippen molar-refractivity contribution >= 4 is 29.7 Å². The maximum absolute atomic E-state index is 12.5. The van der Waals surface area contributed by atoms with Gasteiger partial charge in [0.05, 0.1) is 17.7 Å². The van der Waals surface area contributed by atoms with E-state index in [9.17, 15) is 24.0 Å². The molecule has 11 heteroatoms. The Morgan fingerprint density at radius 1 is 0.970 bits per heavy atom. The Bertz CT molecular complexity index is 924. The highest BCUT2D eigenvalue weighted by Crippen LogP contribution is 2.24. The van der Waals surface area contributed by atoms with Gasteiger partial charge in [-0.25, -0.2) is 4.79 Å². The molecule has 0 fully saturated rings. The van der Waals surface area contributed by atoms with Crippen LogP contribution >= 0.6 is 0 Å². The summed E-state index contributed by atoms with van der Waals surface area (Å²) >= 11 is 0. The topological polar surface area (TPSA) is 143 Å². The van der Waals surface area contributed by atoms with E-state index in [1.807, 2.05) is 0 Å². The van der Waals surface area contributed by atoms with Gasteiger partial charge in [-0.2, -0.15) is 0 Å². The molecular formula is C22H30N4O7. The van der Waals surface area contributed by atoms with Gasteiger partial charge in [-0.1, -0.05) is 0 Å². The number of ether oxygens (including phenoxy) is 2. The summed E-state index contributed by atoms with van der Waals surface area (Å²) in [6.45, 7) is 5.80. The first-order valence-corrected chi connectivity index (χ1v) is 10.5. The molecule has 5 amide bonds. The number of amides is 5. The van der Waals surface area contributed by atoms with Crippen LogP contribution in [0.4, 0.5) is 4.79 Å². The molecule has 0 bridgehead atoms. The van der Waals surface area contributed by atoms with Crippen LogP contribution in [0.25, 0.3) is 0 Å². The molecule has 0 spiro atoms. The van der Waals surface area contributed by atoms with E-state index in [1.54, 1.807) is 27.9 Å². The summed E-state index contributed by atoms with van der Waals surface area (Å²) in [5.74, 6) is -1.71. The van der Waals surface area contributed by atoms with Gasteiger partial charge in [0.25, 0.3) is 17.7 Å². The van der Waals surface area contributed by atoms with Gasteiger partial charge in [-0.3, -0.25) is 24.1 Å². The number of methoxy groups -OCH3 is 1. The molecule has 0 saturated carbocycles. The van der Waals surface area contributed by atoms with Crippen molar-refractivity contribution in [2.45, 2.75) is 32.8 Å². The summed E-state index contributed by atoms with van der Waals surface area (Å²) < 4.78 is 9.98. The average Bonchev–Trinajstić information content (AvgIpc) is 2.98. The van der Waals surface area contributed by atoms with Crippen molar-refractivity contribution in [3.8, 4) is 0 Å². The third-order valence-electron chi connectivity index (χ3n) is 4.49. The lowest BCUT2D eigenvalue weighted by atomic mass is 10.1. The summed E-state index contributed by atoms with van der Waals surface area (Å²) in [6.07, 6.45) is -0.179. The Balaban J connectivity index is 1.78. The lowest BCUT2D eigenvalue weighted by Gasteiger charge is -2.19. The summed E-state index contributed by atoms with van der Waals surface area (Å²) in [4.78, 5) is 61.8. The molecule has 0 radical (unpaired) electrons. The zero-order chi connectivity index (χ0) is 24.6. The molecule has 1 aliphatic heterocycles. The van der Waals surface area contributed by atoms with E-state index in [2.05, 4.69) is 16.0 Å². The van der Waals surface area contributed by atoms with Gasteiger partial charge in [0.2, 0.25) is 5.91 Å². The first-order valence-electron chi connectivity index (χ1n) is 10.5. The van der Waals surface area contributed by atoms with Gasteiger partial charge in [0.1, 0.15) is 5.60 Å². The quantitative estimate of drug-likeness (QED) is 0.343. The molecule has 2 rings (SSSR count). The average molecular weight is 463 g/mol. The highest BCUT2D eigenvalue weighted by molar-refractivity contribution is 6.22. The van der Waals surface area contributed by atoms with Crippen molar-refractivity contribution in [2.24, 2.45) is 0 Å². The summed E-state index contributed by atoms with van der Waals surface area (Å²) in [5.41, 5.74) is 0.0136. The summed E-state index contributed by atoms with van der Waals surface area (Å²) in [7, 11) is 1.54. The van der Waals surface area contributed by atoms with E-state index < -0.39 is 29.4 Å². The van der Waals surface area contributed by atoms with Crippen LogP contribution in [0.5, 0.6) is 0 Å². The minimum Gasteiger partial charge on any atom is -0.444 e. The fourth-order valence-electron chi connectivity index (χ4n) is 3.01. The van der Waals surface area contributed by atoms with Crippen LogP contribution in [0.2, 0.25) is 0 Å². The standard InChI is InChI=1S/C22H30N4O7/c1-22(2,3)33-21(31)25-13-17(27)23-8-9-24-18(28)14-6-7-15-16(12-14)20(30)26(19(15)29)10-5-11-32-4/h6-7,12H,5,8-11,13H2,1-4H3,(H,23,27)(H,24,28)(H,25,31). The van der Waals surface area contributed by atoms with Gasteiger partial charge in [-0.15, -0.1) is 0 Å². The van der Waals surface area contributed by atoms with E-state index >= 15 is 0 Å². The van der Waals surface area contributed by atoms with Crippen molar-refractivity contribution in [3.63, 3.8) is 0 Å². The van der Waals surface area contributed by atoms with E-state index in [4.69, 9.17) is 9.47 Å². The minimum absolute atomic E-state index is 0.129. The Morgan fingerprint density at radius 2 is 1.64 bits per heavy atom. The van der Waals surface area contributed by atoms with E-state index in [0.717, 1.165) is 4.90 Å². The fourth-order valence-corrected chi connectivity index (χ4v) is 3.01. The molecule has 33 heavy (non-hydrogen) atoms. The molecule has 180 valence electrons. The largest absolute Gasteiger partial charge is 0.444 e. The maximum Gasteiger partial charge on any atom is 0.408 e. The van der Waals surface area contributed by atoms with Gasteiger partial charge >= 0.3 is 6.09 Å². The van der Waals surface area contributed by atoms with Crippen LogP contribution in [0, 0.1) is 0 Å². The number of nitrogens with zero attached hydrogens (tertiary/aromatic N) is 1. The molecule has 1 heterocycles. The number of nitrogens with one attached hydrogen (secondary N) is 3. The van der Waals surface area contributed by atoms with Crippen molar-refractivity contribution in [2.75, 3.05) is 39.9 Å². The van der Waals surface area contributed by atoms with Crippen LogP contribution in [-0.4, -0.2) is 80.1 Å². The van der Waals surface area contributed by atoms with Gasteiger partial charge in [0, 0.05) is 38.9 Å². The highest BCUT2D eigenvalue weighted by Gasteiger charge is 2.35. The summed E-state index contributed by atoms with van der Waals surface area (Å²) in [6, 6.07) is 4.33. The van der Waals surface area contributed by atoms with Crippen molar-refractivity contribution < 1.29 is 33.4 Å². The number of rotatable bonds is 10. The smallest absolute Gasteiger partial charge is 0.408 e. The van der Waals surface area contributed by atoms with Crippen molar-refractivity contribution in [3.05, 3.63) is 34.9 Å². The number of alkyl carbamates (subject to hydrolysis) is 1. The fraction of sp³-hybridized carbons (Fsp3) is 0.500. The molecule has 1 aromatic carbocycles. The molecule has 3 N–H and O–H groups in total. The minimum atomic E-state index is -0.701. The molecular weight excluding hydrogens is 432 g/mol. The van der Waals surface area contributed by atoms with E-state index in [1.165, 1.54) is 18.2 Å². The van der Waals surface area contributed by atoms with Gasteiger partial charge in [0.15, 0.2) is 0 Å². The SMILES string of the molecule is COCCCN1C(=O)c2ccc(C(=O)NCCNC(=O)CNC(=O)OC(C)(C)C)cc2C1=O. The molecule has 0 unspecified atom stereocenters. The Labute approximate surface area is 192 Å². The molecule has 0 saturated heterocycles. The van der Waals surface area contributed by atoms with Gasteiger partial charge in [-0.05, 0) is 45.4 Å². The zero-order valence-electron chi connectivity index (χ0n) is 19.3. The zero-order valence-corrected chi connectivity index (χ0v) is 19.3. The monoisotopic (exact) mass is 462 g/mol. The molecule has 11 nitrogen and oxygen atoms in total. The van der Waals surface area contributed by atoms with Crippen LogP contribution in [-0.2, 0) is 14.3 Å². The van der Waals surface area contributed by atoms with Crippen molar-refractivity contribution in [1.29, 1.82) is 0 Å². The van der Waals surface area contributed by atoms with E-state index in [-0.39, 0.29) is 48.8 Å². The molecule has 0 aromatic heterocycles. The Hall–Kier alpha value is -3.47. The Kier molecular flexibility index (Phi) is 8.92. The van der Waals surface area contributed by atoms with E-state index in [0.29, 0.717) is 13.0 Å². The number of hydrogen-bond donors (Lipinski definition) is 3. The second-order valence-corrected chi connectivity index (χ2v) is 8.33. The molecule has 1 aromatic rings. The van der Waals surface area contributed by atoms with Crippen LogP contribution < -0.4 is 16.0 Å². The van der Waals surface area contributed by atoms with Gasteiger partial charge < -0.3 is 25.4 Å². The predicted octanol–water partition coefficient (Wildman–Crippen LogP) is 0.690. The predicted molar refractivity (Wildman–Crippen MR) is 118 cm³/mol. The van der Waals surface area contributed by atoms with Crippen LogP contribution in [0.3, 0.4) is 0 Å². The first-order chi connectivity index (χ1) is 15.5. The van der Waals surface area contributed by atoms with Crippen LogP contribution in [0.15, 0.2) is 18.2 Å². The van der Waals surface area contributed by atoms with Crippen molar-refractivity contribution in [1.82, 2.24) is 20.9 Å². The number of imide groups is 1. The lowest BCUT2D eigenvalue weighted by molar-refractivity contribution is -0.120. The number of fused-ring (bicyclic) bond motifs is 1. The number of benzene rings is 1. The number of carbonyl (C=O) groups excluding carboxylic acids is 5. The molecule has 0 atom stereocenters. The first kappa shape index (κ1) is 25.8. The normalized spacial score (nSPS) is 12.9. The lowest BCUT2D eigenvalue weighted by Crippen LogP contribution is -2.42. The Morgan fingerprint density at radius 3 is 2.30 bits per heavy atom. The summed E-state index contributed by atoms with van der Waals surface area (Å²) in [5, 5.41) is 7.52. The molecule has 0 aliphatic carbocycles.